The zero-order valence-electron chi connectivity index (χ0n) is 19.0. The van der Waals surface area contributed by atoms with Gasteiger partial charge in [0.15, 0.2) is 5.13 Å². The molecular formula is C24H32ClN3OS2. The Balaban J connectivity index is 0.00000341. The van der Waals surface area contributed by atoms with Gasteiger partial charge in [0.1, 0.15) is 0 Å². The number of likely N-dealkylation sites (N-methyl/N-ethyl adjacent to an activating group) is 1. The third-order valence-corrected chi connectivity index (χ3v) is 7.31. The maximum atomic E-state index is 13.6. The van der Waals surface area contributed by atoms with Gasteiger partial charge < -0.3 is 4.90 Å². The van der Waals surface area contributed by atoms with Gasteiger partial charge in [0, 0.05) is 23.5 Å². The van der Waals surface area contributed by atoms with Crippen LogP contribution in [0, 0.1) is 13.8 Å². The number of aromatic nitrogens is 1. The van der Waals surface area contributed by atoms with Gasteiger partial charge in [-0.05, 0) is 74.1 Å². The molecule has 0 bridgehead atoms. The predicted molar refractivity (Wildman–Crippen MR) is 139 cm³/mol. The Morgan fingerprint density at radius 2 is 1.74 bits per heavy atom. The second kappa shape index (κ2) is 11.9. The van der Waals surface area contributed by atoms with Gasteiger partial charge >= 0.3 is 0 Å². The zero-order chi connectivity index (χ0) is 21.7. The van der Waals surface area contributed by atoms with Crippen LogP contribution in [0.1, 0.15) is 42.3 Å². The average molecular weight is 478 g/mol. The van der Waals surface area contributed by atoms with Crippen LogP contribution in [0.5, 0.6) is 0 Å². The number of rotatable bonds is 9. The molecule has 4 nitrogen and oxygen atoms in total. The Hall–Kier alpha value is -1.60. The molecular weight excluding hydrogens is 446 g/mol. The second-order valence-corrected chi connectivity index (χ2v) is 9.69. The topological polar surface area (TPSA) is 36.4 Å². The van der Waals surface area contributed by atoms with E-state index >= 15 is 0 Å². The maximum absolute atomic E-state index is 13.6. The van der Waals surface area contributed by atoms with Crippen molar-refractivity contribution in [3.05, 3.63) is 53.1 Å². The van der Waals surface area contributed by atoms with Crippen LogP contribution in [0.2, 0.25) is 0 Å². The number of thioether (sulfide) groups is 1. The first-order chi connectivity index (χ1) is 14.5. The van der Waals surface area contributed by atoms with Crippen molar-refractivity contribution in [2.75, 3.05) is 36.8 Å². The van der Waals surface area contributed by atoms with Crippen molar-refractivity contribution in [1.29, 1.82) is 0 Å². The molecule has 0 aliphatic rings. The van der Waals surface area contributed by atoms with Gasteiger partial charge in [-0.3, -0.25) is 9.69 Å². The van der Waals surface area contributed by atoms with Crippen LogP contribution in [-0.2, 0) is 0 Å². The van der Waals surface area contributed by atoms with E-state index in [1.807, 2.05) is 23.1 Å². The minimum atomic E-state index is 0. The quantitative estimate of drug-likeness (QED) is 0.332. The number of benzene rings is 2. The van der Waals surface area contributed by atoms with Gasteiger partial charge in [0.25, 0.3) is 5.91 Å². The van der Waals surface area contributed by atoms with Crippen LogP contribution in [0.25, 0.3) is 10.2 Å². The van der Waals surface area contributed by atoms with E-state index < -0.39 is 0 Å². The third-order valence-electron chi connectivity index (χ3n) is 5.39. The van der Waals surface area contributed by atoms with Gasteiger partial charge in [-0.1, -0.05) is 38.2 Å². The molecule has 0 saturated carbocycles. The molecule has 1 aromatic heterocycles. The van der Waals surface area contributed by atoms with E-state index in [1.165, 1.54) is 11.1 Å². The molecule has 0 atom stereocenters. The largest absolute Gasteiger partial charge is 0.302 e. The van der Waals surface area contributed by atoms with E-state index in [0.29, 0.717) is 6.54 Å². The summed E-state index contributed by atoms with van der Waals surface area (Å²) in [6.07, 6.45) is 0. The highest BCUT2D eigenvalue weighted by molar-refractivity contribution is 7.99. The normalized spacial score (nSPS) is 11.0. The van der Waals surface area contributed by atoms with E-state index in [1.54, 1.807) is 23.1 Å². The van der Waals surface area contributed by atoms with Gasteiger partial charge in [-0.2, -0.15) is 0 Å². The smallest absolute Gasteiger partial charge is 0.260 e. The average Bonchev–Trinajstić information content (AvgIpc) is 3.14. The van der Waals surface area contributed by atoms with Crippen LogP contribution in [0.4, 0.5) is 5.13 Å². The van der Waals surface area contributed by atoms with Crippen molar-refractivity contribution in [2.24, 2.45) is 0 Å². The Labute approximate surface area is 200 Å². The molecule has 0 spiro atoms. The SMILES string of the molecule is CCSc1cccc(C(=O)N(CCN(CC)CC)c2nc3cc(C)c(C)cc3s2)c1.Cl. The van der Waals surface area contributed by atoms with E-state index in [0.717, 1.165) is 51.2 Å². The number of thiazole rings is 1. The number of nitrogens with zero attached hydrogens (tertiary/aromatic N) is 3. The van der Waals surface area contributed by atoms with Gasteiger partial charge in [0.05, 0.1) is 10.2 Å². The van der Waals surface area contributed by atoms with E-state index in [-0.39, 0.29) is 18.3 Å². The number of hydrogen-bond donors (Lipinski definition) is 0. The van der Waals surface area contributed by atoms with Crippen LogP contribution < -0.4 is 4.90 Å². The molecule has 0 fully saturated rings. The molecule has 168 valence electrons. The minimum absolute atomic E-state index is 0. The number of anilines is 1. The Morgan fingerprint density at radius 1 is 1.03 bits per heavy atom. The molecule has 0 radical (unpaired) electrons. The van der Waals surface area contributed by atoms with Gasteiger partial charge in [-0.15, -0.1) is 24.2 Å². The molecule has 0 aliphatic heterocycles. The number of amides is 1. The lowest BCUT2D eigenvalue weighted by molar-refractivity contribution is 0.0983. The molecule has 0 unspecified atom stereocenters. The summed E-state index contributed by atoms with van der Waals surface area (Å²) in [6.45, 7) is 14.1. The van der Waals surface area contributed by atoms with Gasteiger partial charge in [0.2, 0.25) is 0 Å². The van der Waals surface area contributed by atoms with Gasteiger partial charge in [-0.25, -0.2) is 4.98 Å². The molecule has 3 rings (SSSR count). The summed E-state index contributed by atoms with van der Waals surface area (Å²) in [5.74, 6) is 1.01. The number of halogens is 1. The maximum Gasteiger partial charge on any atom is 0.260 e. The molecule has 2 aromatic carbocycles. The first-order valence-corrected chi connectivity index (χ1v) is 12.4. The molecule has 3 aromatic rings. The first-order valence-electron chi connectivity index (χ1n) is 10.6. The highest BCUT2D eigenvalue weighted by atomic mass is 35.5. The molecule has 0 N–H and O–H groups in total. The van der Waals surface area contributed by atoms with Crippen molar-refractivity contribution in [2.45, 2.75) is 39.5 Å². The molecule has 1 amide bonds. The fourth-order valence-corrected chi connectivity index (χ4v) is 5.18. The third kappa shape index (κ3) is 6.22. The lowest BCUT2D eigenvalue weighted by Gasteiger charge is -2.25. The number of hydrogen-bond acceptors (Lipinski definition) is 5. The minimum Gasteiger partial charge on any atom is -0.302 e. The molecule has 0 aliphatic carbocycles. The molecule has 7 heteroatoms. The number of carbonyl (C=O) groups excluding carboxylic acids is 1. The van der Waals surface area contributed by atoms with Crippen molar-refractivity contribution in [3.8, 4) is 0 Å². The highest BCUT2D eigenvalue weighted by Crippen LogP contribution is 2.32. The lowest BCUT2D eigenvalue weighted by atomic mass is 10.1. The van der Waals surface area contributed by atoms with Crippen LogP contribution in [0.15, 0.2) is 41.3 Å². The van der Waals surface area contributed by atoms with Crippen LogP contribution in [-0.4, -0.2) is 47.7 Å². The Morgan fingerprint density at radius 3 is 2.42 bits per heavy atom. The molecule has 0 saturated heterocycles. The number of carbonyl (C=O) groups is 1. The number of fused-ring (bicyclic) bond motifs is 1. The standard InChI is InChI=1S/C24H31N3OS2.ClH/c1-6-26(7-2)12-13-27(23(28)19-10-9-11-20(16-19)29-8-3)24-25-21-14-17(4)18(5)15-22(21)30-24;/h9-11,14-16H,6-8,12-13H2,1-5H3;1H. The van der Waals surface area contributed by atoms with E-state index in [2.05, 4.69) is 57.7 Å². The van der Waals surface area contributed by atoms with E-state index in [9.17, 15) is 4.79 Å². The summed E-state index contributed by atoms with van der Waals surface area (Å²) >= 11 is 3.36. The summed E-state index contributed by atoms with van der Waals surface area (Å²) in [5, 5.41) is 0.778. The Bertz CT molecular complexity index is 978. The second-order valence-electron chi connectivity index (χ2n) is 7.35. The lowest BCUT2D eigenvalue weighted by Crippen LogP contribution is -2.38. The Kier molecular flexibility index (Phi) is 9.82. The summed E-state index contributed by atoms with van der Waals surface area (Å²) in [5.41, 5.74) is 4.17. The fourth-order valence-electron chi connectivity index (χ4n) is 3.39. The summed E-state index contributed by atoms with van der Waals surface area (Å²) in [4.78, 5) is 23.7. The fraction of sp³-hybridized carbons (Fsp3) is 0.417. The summed E-state index contributed by atoms with van der Waals surface area (Å²) in [6, 6.07) is 12.2. The highest BCUT2D eigenvalue weighted by Gasteiger charge is 2.22. The molecule has 1 heterocycles. The van der Waals surface area contributed by atoms with Crippen molar-refractivity contribution < 1.29 is 4.79 Å². The van der Waals surface area contributed by atoms with Crippen molar-refractivity contribution in [3.63, 3.8) is 0 Å². The monoisotopic (exact) mass is 477 g/mol. The summed E-state index contributed by atoms with van der Waals surface area (Å²) < 4.78 is 1.13. The predicted octanol–water partition coefficient (Wildman–Crippen LogP) is 6.44. The van der Waals surface area contributed by atoms with Crippen molar-refractivity contribution >= 4 is 56.8 Å². The zero-order valence-corrected chi connectivity index (χ0v) is 21.4. The molecule has 31 heavy (non-hydrogen) atoms. The number of aryl methyl sites for hydroxylation is 2. The van der Waals surface area contributed by atoms with E-state index in [4.69, 9.17) is 4.98 Å². The van der Waals surface area contributed by atoms with Crippen LogP contribution in [0.3, 0.4) is 0 Å². The van der Waals surface area contributed by atoms with Crippen LogP contribution >= 0.6 is 35.5 Å². The first kappa shape index (κ1) is 25.7. The summed E-state index contributed by atoms with van der Waals surface area (Å²) in [7, 11) is 0. The van der Waals surface area contributed by atoms with Crippen molar-refractivity contribution in [1.82, 2.24) is 9.88 Å².